The highest BCUT2D eigenvalue weighted by atomic mass is 79.9. The van der Waals surface area contributed by atoms with Crippen molar-refractivity contribution < 1.29 is 14.2 Å². The number of ether oxygens (including phenoxy) is 3. The molecule has 2 aliphatic rings. The highest BCUT2D eigenvalue weighted by molar-refractivity contribution is 9.10. The van der Waals surface area contributed by atoms with Gasteiger partial charge in [0.25, 0.3) is 0 Å². The number of hydrazone groups is 1. The Kier molecular flexibility index (Phi) is 5.32. The number of fused-ring (bicyclic) bond motifs is 3. The standard InChI is InChI=1S/C25H23BrN2O3/c1-3-30-20-11-6-17(7-12-20)25-28-23(21-14-18(26)8-13-24(21)31-25)15-22(27-28)16-4-9-19(29-2)10-5-16/h4-14,23,25H,3,15H2,1-2H3/t23-,25-/m0/s1. The lowest BCUT2D eigenvalue weighted by Crippen LogP contribution is -2.33. The quantitative estimate of drug-likeness (QED) is 0.444. The third kappa shape index (κ3) is 3.76. The predicted octanol–water partition coefficient (Wildman–Crippen LogP) is 6.10. The van der Waals surface area contributed by atoms with Crippen molar-refractivity contribution in [2.75, 3.05) is 13.7 Å². The second-order valence-electron chi connectivity index (χ2n) is 7.53. The molecule has 0 aliphatic carbocycles. The summed E-state index contributed by atoms with van der Waals surface area (Å²) in [7, 11) is 1.68. The fourth-order valence-corrected chi connectivity index (χ4v) is 4.51. The van der Waals surface area contributed by atoms with Crippen LogP contribution in [0.3, 0.4) is 0 Å². The predicted molar refractivity (Wildman–Crippen MR) is 124 cm³/mol. The molecular weight excluding hydrogens is 456 g/mol. The minimum Gasteiger partial charge on any atom is -0.497 e. The normalized spacial score (nSPS) is 19.2. The molecule has 0 amide bonds. The van der Waals surface area contributed by atoms with Crippen LogP contribution in [-0.2, 0) is 0 Å². The molecule has 6 heteroatoms. The van der Waals surface area contributed by atoms with Gasteiger partial charge in [-0.3, -0.25) is 0 Å². The Labute approximate surface area is 190 Å². The van der Waals surface area contributed by atoms with Gasteiger partial charge in [0.05, 0.1) is 25.5 Å². The molecule has 3 aromatic carbocycles. The maximum Gasteiger partial charge on any atom is 0.213 e. The fourth-order valence-electron chi connectivity index (χ4n) is 4.13. The van der Waals surface area contributed by atoms with Crippen molar-refractivity contribution in [3.63, 3.8) is 0 Å². The van der Waals surface area contributed by atoms with E-state index in [-0.39, 0.29) is 12.3 Å². The lowest BCUT2D eigenvalue weighted by molar-refractivity contribution is -0.0191. The van der Waals surface area contributed by atoms with E-state index in [2.05, 4.69) is 51.3 Å². The van der Waals surface area contributed by atoms with E-state index >= 15 is 0 Å². The molecule has 0 bridgehead atoms. The maximum absolute atomic E-state index is 6.44. The molecule has 2 heterocycles. The monoisotopic (exact) mass is 478 g/mol. The number of hydrogen-bond donors (Lipinski definition) is 0. The zero-order valence-corrected chi connectivity index (χ0v) is 19.0. The first-order valence-electron chi connectivity index (χ1n) is 10.4. The van der Waals surface area contributed by atoms with Gasteiger partial charge >= 0.3 is 0 Å². The lowest BCUT2D eigenvalue weighted by atomic mass is 9.96. The summed E-state index contributed by atoms with van der Waals surface area (Å²) < 4.78 is 18.4. The van der Waals surface area contributed by atoms with Crippen LogP contribution < -0.4 is 14.2 Å². The maximum atomic E-state index is 6.44. The van der Waals surface area contributed by atoms with E-state index in [0.717, 1.165) is 50.5 Å². The lowest BCUT2D eigenvalue weighted by Gasteiger charge is -2.38. The van der Waals surface area contributed by atoms with Gasteiger partial charge in [-0.1, -0.05) is 15.9 Å². The summed E-state index contributed by atoms with van der Waals surface area (Å²) in [4.78, 5) is 0. The van der Waals surface area contributed by atoms with Crippen molar-refractivity contribution >= 4 is 21.6 Å². The largest absolute Gasteiger partial charge is 0.497 e. The number of hydrogen-bond acceptors (Lipinski definition) is 5. The molecule has 0 spiro atoms. The zero-order valence-electron chi connectivity index (χ0n) is 17.4. The molecule has 5 rings (SSSR count). The van der Waals surface area contributed by atoms with Crippen LogP contribution >= 0.6 is 15.9 Å². The first-order valence-corrected chi connectivity index (χ1v) is 11.1. The van der Waals surface area contributed by atoms with E-state index in [4.69, 9.17) is 19.3 Å². The summed E-state index contributed by atoms with van der Waals surface area (Å²) in [5.41, 5.74) is 4.32. The molecular formula is C25H23BrN2O3. The highest BCUT2D eigenvalue weighted by Gasteiger charge is 2.41. The van der Waals surface area contributed by atoms with Crippen LogP contribution in [0.5, 0.6) is 17.2 Å². The van der Waals surface area contributed by atoms with E-state index in [1.54, 1.807) is 7.11 Å². The van der Waals surface area contributed by atoms with Gasteiger partial charge in [-0.25, -0.2) is 5.01 Å². The first-order chi connectivity index (χ1) is 15.2. The van der Waals surface area contributed by atoms with Crippen molar-refractivity contribution in [3.8, 4) is 17.2 Å². The molecule has 0 unspecified atom stereocenters. The van der Waals surface area contributed by atoms with Gasteiger partial charge in [0.1, 0.15) is 17.2 Å². The van der Waals surface area contributed by atoms with Crippen molar-refractivity contribution in [1.82, 2.24) is 5.01 Å². The van der Waals surface area contributed by atoms with Crippen molar-refractivity contribution in [3.05, 3.63) is 87.9 Å². The minimum absolute atomic E-state index is 0.106. The van der Waals surface area contributed by atoms with E-state index in [0.29, 0.717) is 6.61 Å². The molecule has 5 nitrogen and oxygen atoms in total. The first kappa shape index (κ1) is 19.9. The van der Waals surface area contributed by atoms with E-state index < -0.39 is 0 Å². The van der Waals surface area contributed by atoms with Gasteiger partial charge in [-0.05, 0) is 79.2 Å². The third-order valence-electron chi connectivity index (χ3n) is 5.65. The van der Waals surface area contributed by atoms with Crippen LogP contribution in [0.15, 0.2) is 76.3 Å². The Morgan fingerprint density at radius 3 is 2.48 bits per heavy atom. The van der Waals surface area contributed by atoms with Gasteiger partial charge in [0, 0.05) is 22.0 Å². The van der Waals surface area contributed by atoms with Crippen LogP contribution in [0.2, 0.25) is 0 Å². The Hall–Kier alpha value is -2.99. The van der Waals surface area contributed by atoms with Crippen LogP contribution in [0.4, 0.5) is 0 Å². The van der Waals surface area contributed by atoms with Gasteiger partial charge in [-0.15, -0.1) is 0 Å². The number of benzene rings is 3. The zero-order chi connectivity index (χ0) is 21.4. The molecule has 0 aromatic heterocycles. The van der Waals surface area contributed by atoms with E-state index in [9.17, 15) is 0 Å². The summed E-state index contributed by atoms with van der Waals surface area (Å²) in [6.07, 6.45) is 0.511. The topological polar surface area (TPSA) is 43.3 Å². The van der Waals surface area contributed by atoms with E-state index in [1.165, 1.54) is 0 Å². The van der Waals surface area contributed by atoms with Gasteiger partial charge in [-0.2, -0.15) is 5.10 Å². The molecule has 0 fully saturated rings. The van der Waals surface area contributed by atoms with Crippen molar-refractivity contribution in [2.45, 2.75) is 25.6 Å². The van der Waals surface area contributed by atoms with Crippen molar-refractivity contribution in [2.24, 2.45) is 5.10 Å². The highest BCUT2D eigenvalue weighted by Crippen LogP contribution is 2.48. The summed E-state index contributed by atoms with van der Waals surface area (Å²) >= 11 is 3.61. The third-order valence-corrected chi connectivity index (χ3v) is 6.14. The SMILES string of the molecule is CCOc1ccc([C@@H]2Oc3ccc(Br)cc3[C@@H]3CC(c4ccc(OC)cc4)=NN32)cc1. The van der Waals surface area contributed by atoms with Crippen LogP contribution in [0.25, 0.3) is 0 Å². The summed E-state index contributed by atoms with van der Waals surface area (Å²) in [6.45, 7) is 2.63. The Morgan fingerprint density at radius 2 is 1.77 bits per heavy atom. The molecule has 31 heavy (non-hydrogen) atoms. The minimum atomic E-state index is -0.301. The number of halogens is 1. The fraction of sp³-hybridized carbons (Fsp3) is 0.240. The van der Waals surface area contributed by atoms with Crippen LogP contribution in [0, 0.1) is 0 Å². The van der Waals surface area contributed by atoms with Crippen LogP contribution in [-0.4, -0.2) is 24.4 Å². The number of methoxy groups -OCH3 is 1. The van der Waals surface area contributed by atoms with Crippen molar-refractivity contribution in [1.29, 1.82) is 0 Å². The smallest absolute Gasteiger partial charge is 0.213 e. The summed E-state index contributed by atoms with van der Waals surface area (Å²) in [5, 5.41) is 7.11. The summed E-state index contributed by atoms with van der Waals surface area (Å²) in [5.74, 6) is 2.59. The Bertz CT molecular complexity index is 1110. The Balaban J connectivity index is 1.53. The molecule has 0 saturated carbocycles. The van der Waals surface area contributed by atoms with E-state index in [1.807, 2.05) is 43.3 Å². The van der Waals surface area contributed by atoms with Gasteiger partial charge in [0.2, 0.25) is 6.23 Å². The molecule has 0 saturated heterocycles. The summed E-state index contributed by atoms with van der Waals surface area (Å²) in [6, 6.07) is 22.4. The van der Waals surface area contributed by atoms with Gasteiger partial charge < -0.3 is 14.2 Å². The molecule has 158 valence electrons. The molecule has 0 radical (unpaired) electrons. The average Bonchev–Trinajstić information content (AvgIpc) is 3.25. The second kappa shape index (κ2) is 8.27. The molecule has 2 aliphatic heterocycles. The molecule has 0 N–H and O–H groups in total. The van der Waals surface area contributed by atoms with Gasteiger partial charge in [0.15, 0.2) is 0 Å². The number of rotatable bonds is 5. The second-order valence-corrected chi connectivity index (χ2v) is 8.45. The number of nitrogens with zero attached hydrogens (tertiary/aromatic N) is 2. The van der Waals surface area contributed by atoms with Crippen LogP contribution in [0.1, 0.15) is 42.3 Å². The molecule has 3 aromatic rings. The Morgan fingerprint density at radius 1 is 1.03 bits per heavy atom. The average molecular weight is 479 g/mol. The molecule has 2 atom stereocenters.